The van der Waals surface area contributed by atoms with Crippen molar-refractivity contribution in [2.24, 2.45) is 0 Å². The Balaban J connectivity index is 2.20. The van der Waals surface area contributed by atoms with E-state index in [-0.39, 0.29) is 0 Å². The normalized spacial score (nSPS) is 10.3. The molecule has 84 valence electrons. The van der Waals surface area contributed by atoms with Crippen LogP contribution in [0, 0.1) is 0 Å². The molecule has 0 fully saturated rings. The van der Waals surface area contributed by atoms with Crippen LogP contribution in [-0.4, -0.2) is 22.1 Å². The summed E-state index contributed by atoms with van der Waals surface area (Å²) in [5.74, 6) is 0.959. The molecule has 0 aliphatic carbocycles. The van der Waals surface area contributed by atoms with Crippen molar-refractivity contribution in [1.29, 1.82) is 0 Å². The molecule has 0 amide bonds. The Morgan fingerprint density at radius 2 is 1.80 bits per heavy atom. The van der Waals surface area contributed by atoms with Crippen LogP contribution in [0.4, 0.5) is 0 Å². The predicted octanol–water partition coefficient (Wildman–Crippen LogP) is 3.02. The van der Waals surface area contributed by atoms with Crippen LogP contribution in [0.25, 0.3) is 0 Å². The van der Waals surface area contributed by atoms with Crippen molar-refractivity contribution < 1.29 is 4.74 Å². The zero-order valence-electron chi connectivity index (χ0n) is 9.66. The molecule has 0 spiro atoms. The van der Waals surface area contributed by atoms with Crippen molar-refractivity contribution >= 4 is 19.4 Å². The van der Waals surface area contributed by atoms with Gasteiger partial charge in [0, 0.05) is 0 Å². The second-order valence-electron chi connectivity index (χ2n) is 3.58. The molecule has 0 aromatic heterocycles. The first-order valence-electron chi connectivity index (χ1n) is 5.63. The Labute approximate surface area is 99.4 Å². The third-order valence-electron chi connectivity index (χ3n) is 2.33. The van der Waals surface area contributed by atoms with Gasteiger partial charge in [-0.3, -0.25) is 0 Å². The summed E-state index contributed by atoms with van der Waals surface area (Å²) >= 11 is 0.653. The Bertz CT molecular complexity index is 256. The van der Waals surface area contributed by atoms with Crippen molar-refractivity contribution in [3.63, 3.8) is 0 Å². The second-order valence-corrected chi connectivity index (χ2v) is 6.04. The van der Waals surface area contributed by atoms with Gasteiger partial charge >= 0.3 is 99.2 Å². The minimum absolute atomic E-state index is 0.653. The van der Waals surface area contributed by atoms with Gasteiger partial charge in [0.1, 0.15) is 0 Å². The van der Waals surface area contributed by atoms with E-state index in [1.54, 1.807) is 7.11 Å². The average Bonchev–Trinajstić information content (AvgIpc) is 2.30. The Morgan fingerprint density at radius 1 is 1.07 bits per heavy atom. The monoisotopic (exact) mass is 272 g/mol. The molecule has 0 aliphatic heterocycles. The molecule has 1 nitrogen and oxygen atoms in total. The molecule has 0 saturated carbocycles. The molecule has 0 saturated heterocycles. The molecule has 0 heterocycles. The number of rotatable bonds is 7. The molecule has 2 heteroatoms. The van der Waals surface area contributed by atoms with Crippen molar-refractivity contribution in [2.45, 2.75) is 37.9 Å². The molecular weight excluding hydrogens is 251 g/mol. The molecule has 0 bridgehead atoms. The van der Waals surface area contributed by atoms with Gasteiger partial charge in [-0.1, -0.05) is 0 Å². The van der Waals surface area contributed by atoms with E-state index < -0.39 is 0 Å². The number of hydrogen-bond acceptors (Lipinski definition) is 1. The fourth-order valence-electron chi connectivity index (χ4n) is 1.39. The van der Waals surface area contributed by atoms with E-state index >= 15 is 0 Å². The van der Waals surface area contributed by atoms with Crippen LogP contribution in [0.5, 0.6) is 5.75 Å². The Hall–Kier alpha value is -0.461. The van der Waals surface area contributed by atoms with E-state index in [0.717, 1.165) is 5.75 Å². The Kier molecular flexibility index (Phi) is 6.54. The fourth-order valence-corrected chi connectivity index (χ4v) is 3.31. The van der Waals surface area contributed by atoms with Crippen molar-refractivity contribution in [2.75, 3.05) is 7.11 Å². The summed E-state index contributed by atoms with van der Waals surface area (Å²) in [6.07, 6.45) is 5.50. The summed E-state index contributed by atoms with van der Waals surface area (Å²) in [7, 11) is 1.71. The third kappa shape index (κ3) is 5.25. The maximum atomic E-state index is 5.13. The topological polar surface area (TPSA) is 9.23 Å². The van der Waals surface area contributed by atoms with Gasteiger partial charge in [-0.15, -0.1) is 0 Å². The molecule has 0 N–H and O–H groups in total. The van der Waals surface area contributed by atoms with E-state index in [0.29, 0.717) is 15.0 Å². The first-order chi connectivity index (χ1) is 7.36. The van der Waals surface area contributed by atoms with Gasteiger partial charge in [0.25, 0.3) is 0 Å². The number of unbranched alkanes of at least 4 members (excludes halogenated alkanes) is 3. The number of benzene rings is 1. The summed E-state index contributed by atoms with van der Waals surface area (Å²) in [5, 5.41) is 1.37. The molecule has 0 aliphatic rings. The van der Waals surface area contributed by atoms with Crippen molar-refractivity contribution in [3.05, 3.63) is 24.3 Å². The van der Waals surface area contributed by atoms with Gasteiger partial charge in [-0.05, 0) is 0 Å². The number of methoxy groups -OCH3 is 1. The van der Waals surface area contributed by atoms with Crippen molar-refractivity contribution in [3.8, 4) is 5.75 Å². The average molecular weight is 271 g/mol. The SMILES string of the molecule is CCCCCC[Se]c1ccc(OC)cc1. The van der Waals surface area contributed by atoms with Gasteiger partial charge < -0.3 is 0 Å². The van der Waals surface area contributed by atoms with Gasteiger partial charge in [0.15, 0.2) is 0 Å². The van der Waals surface area contributed by atoms with Gasteiger partial charge in [-0.25, -0.2) is 0 Å². The first-order valence-corrected chi connectivity index (χ1v) is 7.70. The van der Waals surface area contributed by atoms with Crippen LogP contribution in [0.3, 0.4) is 0 Å². The summed E-state index contributed by atoms with van der Waals surface area (Å²) in [6.45, 7) is 2.26. The van der Waals surface area contributed by atoms with E-state index in [1.807, 2.05) is 0 Å². The molecular formula is C13H20OSe. The number of hydrogen-bond donors (Lipinski definition) is 0. The van der Waals surface area contributed by atoms with Crippen molar-refractivity contribution in [1.82, 2.24) is 0 Å². The summed E-state index contributed by atoms with van der Waals surface area (Å²) in [4.78, 5) is 0. The standard InChI is InChI=1S/C13H20OSe/c1-3-4-5-6-11-15-13-9-7-12(14-2)8-10-13/h7-10H,3-6,11H2,1-2H3. The second kappa shape index (κ2) is 7.78. The molecule has 0 unspecified atom stereocenters. The molecule has 1 aromatic rings. The van der Waals surface area contributed by atoms with Crippen LogP contribution in [0.2, 0.25) is 5.32 Å². The van der Waals surface area contributed by atoms with Crippen LogP contribution < -0.4 is 9.20 Å². The third-order valence-corrected chi connectivity index (χ3v) is 4.63. The predicted molar refractivity (Wildman–Crippen MR) is 67.3 cm³/mol. The van der Waals surface area contributed by atoms with E-state index in [2.05, 4.69) is 31.2 Å². The van der Waals surface area contributed by atoms with E-state index in [9.17, 15) is 0 Å². The zero-order valence-corrected chi connectivity index (χ0v) is 11.4. The van der Waals surface area contributed by atoms with Gasteiger partial charge in [0.2, 0.25) is 0 Å². The summed E-state index contributed by atoms with van der Waals surface area (Å²) < 4.78 is 6.62. The molecule has 0 atom stereocenters. The van der Waals surface area contributed by atoms with Crippen LogP contribution in [0.15, 0.2) is 24.3 Å². The Morgan fingerprint density at radius 3 is 2.40 bits per heavy atom. The summed E-state index contributed by atoms with van der Waals surface area (Å²) in [6, 6.07) is 8.50. The zero-order chi connectivity index (χ0) is 10.9. The minimum atomic E-state index is 0.653. The van der Waals surface area contributed by atoms with Gasteiger partial charge in [0.05, 0.1) is 0 Å². The summed E-state index contributed by atoms with van der Waals surface area (Å²) in [5.41, 5.74) is 0. The van der Waals surface area contributed by atoms with Gasteiger partial charge in [-0.2, -0.15) is 0 Å². The van der Waals surface area contributed by atoms with Crippen LogP contribution in [-0.2, 0) is 0 Å². The molecule has 15 heavy (non-hydrogen) atoms. The fraction of sp³-hybridized carbons (Fsp3) is 0.538. The maximum absolute atomic E-state index is 5.13. The quantitative estimate of drug-likeness (QED) is 0.547. The molecule has 0 radical (unpaired) electrons. The first kappa shape index (κ1) is 12.6. The van der Waals surface area contributed by atoms with E-state index in [1.165, 1.54) is 35.5 Å². The molecule has 1 rings (SSSR count). The molecule has 1 aromatic carbocycles. The number of ether oxygens (including phenoxy) is 1. The van der Waals surface area contributed by atoms with Crippen LogP contribution >= 0.6 is 0 Å². The van der Waals surface area contributed by atoms with E-state index in [4.69, 9.17) is 4.74 Å². The van der Waals surface area contributed by atoms with Crippen LogP contribution in [0.1, 0.15) is 32.6 Å².